The van der Waals surface area contributed by atoms with Gasteiger partial charge in [0, 0.05) is 31.1 Å². The van der Waals surface area contributed by atoms with Crippen LogP contribution in [0.4, 0.5) is 0 Å². The molecule has 17 heavy (non-hydrogen) atoms. The maximum Gasteiger partial charge on any atom is 0.0443 e. The van der Waals surface area contributed by atoms with E-state index in [0.29, 0.717) is 12.0 Å². The fraction of sp³-hybridized carbons (Fsp3) is 0.714. The number of aliphatic hydroxyl groups is 1. The van der Waals surface area contributed by atoms with E-state index in [0.717, 1.165) is 32.5 Å². The SMILES string of the molecule is CC(C)(C)CN(CCCO)CCc1cccs1. The van der Waals surface area contributed by atoms with Crippen molar-refractivity contribution in [2.24, 2.45) is 5.41 Å². The second-order valence-electron chi connectivity index (χ2n) is 5.74. The Labute approximate surface area is 109 Å². The van der Waals surface area contributed by atoms with Crippen molar-refractivity contribution in [2.45, 2.75) is 33.6 Å². The van der Waals surface area contributed by atoms with E-state index in [-0.39, 0.29) is 0 Å². The molecule has 98 valence electrons. The van der Waals surface area contributed by atoms with E-state index in [1.54, 1.807) is 0 Å². The van der Waals surface area contributed by atoms with E-state index in [9.17, 15) is 0 Å². The van der Waals surface area contributed by atoms with Crippen molar-refractivity contribution in [3.63, 3.8) is 0 Å². The molecule has 0 saturated carbocycles. The monoisotopic (exact) mass is 255 g/mol. The molecule has 0 radical (unpaired) electrons. The third-order valence-corrected chi connectivity index (χ3v) is 3.52. The first-order chi connectivity index (χ1) is 8.01. The lowest BCUT2D eigenvalue weighted by molar-refractivity contribution is 0.174. The predicted molar refractivity (Wildman–Crippen MR) is 75.6 cm³/mol. The maximum absolute atomic E-state index is 8.94. The molecular formula is C14H25NOS. The Morgan fingerprint density at radius 3 is 2.59 bits per heavy atom. The average Bonchev–Trinajstić information content (AvgIpc) is 2.73. The summed E-state index contributed by atoms with van der Waals surface area (Å²) in [6.07, 6.45) is 2.00. The zero-order valence-corrected chi connectivity index (χ0v) is 12.1. The van der Waals surface area contributed by atoms with Gasteiger partial charge in [0.15, 0.2) is 0 Å². The Morgan fingerprint density at radius 2 is 2.06 bits per heavy atom. The number of thiophene rings is 1. The topological polar surface area (TPSA) is 23.5 Å². The van der Waals surface area contributed by atoms with Crippen LogP contribution in [-0.4, -0.2) is 36.2 Å². The number of nitrogens with zero attached hydrogens (tertiary/aromatic N) is 1. The summed E-state index contributed by atoms with van der Waals surface area (Å²) in [4.78, 5) is 3.92. The van der Waals surface area contributed by atoms with Crippen molar-refractivity contribution in [1.29, 1.82) is 0 Å². The molecule has 0 unspecified atom stereocenters. The summed E-state index contributed by atoms with van der Waals surface area (Å²) in [5.74, 6) is 0. The van der Waals surface area contributed by atoms with Crippen LogP contribution < -0.4 is 0 Å². The second-order valence-corrected chi connectivity index (χ2v) is 6.78. The van der Waals surface area contributed by atoms with Crippen molar-refractivity contribution in [3.8, 4) is 0 Å². The Kier molecular flexibility index (Phi) is 6.17. The van der Waals surface area contributed by atoms with Gasteiger partial charge in [-0.05, 0) is 29.7 Å². The molecule has 1 N–H and O–H groups in total. The summed E-state index contributed by atoms with van der Waals surface area (Å²) in [7, 11) is 0. The molecule has 0 aliphatic heterocycles. The summed E-state index contributed by atoms with van der Waals surface area (Å²) in [6.45, 7) is 10.3. The summed E-state index contributed by atoms with van der Waals surface area (Å²) in [5, 5.41) is 11.1. The minimum atomic E-state index is 0.291. The highest BCUT2D eigenvalue weighted by molar-refractivity contribution is 7.09. The molecule has 0 aromatic carbocycles. The summed E-state index contributed by atoms with van der Waals surface area (Å²) in [5.41, 5.74) is 0.324. The average molecular weight is 255 g/mol. The molecule has 1 heterocycles. The van der Waals surface area contributed by atoms with Gasteiger partial charge in [0.25, 0.3) is 0 Å². The molecule has 0 aliphatic carbocycles. The first-order valence-electron chi connectivity index (χ1n) is 6.37. The minimum Gasteiger partial charge on any atom is -0.396 e. The molecule has 1 aromatic rings. The highest BCUT2D eigenvalue weighted by Crippen LogP contribution is 2.16. The Bertz CT molecular complexity index is 290. The lowest BCUT2D eigenvalue weighted by Crippen LogP contribution is -2.35. The minimum absolute atomic E-state index is 0.291. The van der Waals surface area contributed by atoms with E-state index in [2.05, 4.69) is 43.2 Å². The van der Waals surface area contributed by atoms with Crippen molar-refractivity contribution >= 4 is 11.3 Å². The zero-order valence-electron chi connectivity index (χ0n) is 11.3. The fourth-order valence-electron chi connectivity index (χ4n) is 1.96. The van der Waals surface area contributed by atoms with Gasteiger partial charge in [0.1, 0.15) is 0 Å². The highest BCUT2D eigenvalue weighted by atomic mass is 32.1. The van der Waals surface area contributed by atoms with E-state index < -0.39 is 0 Å². The van der Waals surface area contributed by atoms with Gasteiger partial charge in [-0.1, -0.05) is 26.8 Å². The van der Waals surface area contributed by atoms with E-state index in [1.807, 2.05) is 11.3 Å². The third kappa shape index (κ3) is 6.81. The second kappa shape index (κ2) is 7.14. The summed E-state index contributed by atoms with van der Waals surface area (Å²) < 4.78 is 0. The van der Waals surface area contributed by atoms with Gasteiger partial charge in [-0.2, -0.15) is 0 Å². The van der Waals surface area contributed by atoms with Crippen molar-refractivity contribution in [1.82, 2.24) is 4.90 Å². The first-order valence-corrected chi connectivity index (χ1v) is 7.25. The molecule has 0 atom stereocenters. The lowest BCUT2D eigenvalue weighted by Gasteiger charge is -2.29. The van der Waals surface area contributed by atoms with Crippen LogP contribution >= 0.6 is 11.3 Å². The molecule has 0 bridgehead atoms. The number of hydrogen-bond donors (Lipinski definition) is 1. The van der Waals surface area contributed by atoms with Crippen LogP contribution in [0.1, 0.15) is 32.1 Å². The molecule has 0 aliphatic rings. The molecule has 0 saturated heterocycles. The van der Waals surface area contributed by atoms with E-state index in [4.69, 9.17) is 5.11 Å². The first kappa shape index (κ1) is 14.7. The number of aliphatic hydroxyl groups excluding tert-OH is 1. The van der Waals surface area contributed by atoms with Crippen LogP contribution in [-0.2, 0) is 6.42 Å². The predicted octanol–water partition coefficient (Wildman–Crippen LogP) is 3.02. The maximum atomic E-state index is 8.94. The van der Waals surface area contributed by atoms with E-state index in [1.165, 1.54) is 4.88 Å². The molecule has 0 spiro atoms. The van der Waals surface area contributed by atoms with Gasteiger partial charge in [0.05, 0.1) is 0 Å². The molecule has 2 nitrogen and oxygen atoms in total. The van der Waals surface area contributed by atoms with Crippen molar-refractivity contribution in [2.75, 3.05) is 26.2 Å². The largest absolute Gasteiger partial charge is 0.396 e. The summed E-state index contributed by atoms with van der Waals surface area (Å²) >= 11 is 1.83. The van der Waals surface area contributed by atoms with Crippen molar-refractivity contribution < 1.29 is 5.11 Å². The van der Waals surface area contributed by atoms with Gasteiger partial charge in [0.2, 0.25) is 0 Å². The number of rotatable bonds is 7. The van der Waals surface area contributed by atoms with Crippen LogP contribution in [0.2, 0.25) is 0 Å². The molecule has 3 heteroatoms. The van der Waals surface area contributed by atoms with Crippen LogP contribution in [0.3, 0.4) is 0 Å². The Balaban J connectivity index is 2.39. The highest BCUT2D eigenvalue weighted by Gasteiger charge is 2.16. The molecule has 1 rings (SSSR count). The fourth-order valence-corrected chi connectivity index (χ4v) is 2.66. The normalized spacial score (nSPS) is 12.3. The van der Waals surface area contributed by atoms with Crippen LogP contribution in [0, 0.1) is 5.41 Å². The Morgan fingerprint density at radius 1 is 1.29 bits per heavy atom. The quantitative estimate of drug-likeness (QED) is 0.809. The lowest BCUT2D eigenvalue weighted by atomic mass is 9.96. The van der Waals surface area contributed by atoms with Gasteiger partial charge in [-0.15, -0.1) is 11.3 Å². The smallest absolute Gasteiger partial charge is 0.0443 e. The zero-order chi connectivity index (χ0) is 12.7. The van der Waals surface area contributed by atoms with Crippen LogP contribution in [0.15, 0.2) is 17.5 Å². The number of hydrogen-bond acceptors (Lipinski definition) is 3. The van der Waals surface area contributed by atoms with Gasteiger partial charge in [-0.25, -0.2) is 0 Å². The molecular weight excluding hydrogens is 230 g/mol. The molecule has 0 amide bonds. The van der Waals surface area contributed by atoms with Gasteiger partial charge < -0.3 is 10.0 Å². The molecule has 1 aromatic heterocycles. The van der Waals surface area contributed by atoms with Crippen molar-refractivity contribution in [3.05, 3.63) is 22.4 Å². The van der Waals surface area contributed by atoms with Gasteiger partial charge >= 0.3 is 0 Å². The van der Waals surface area contributed by atoms with Crippen LogP contribution in [0.5, 0.6) is 0 Å². The van der Waals surface area contributed by atoms with Gasteiger partial charge in [-0.3, -0.25) is 0 Å². The van der Waals surface area contributed by atoms with E-state index >= 15 is 0 Å². The Hall–Kier alpha value is -0.380. The third-order valence-electron chi connectivity index (χ3n) is 2.58. The standard InChI is InChI=1S/C14H25NOS/c1-14(2,3)12-15(8-5-10-16)9-7-13-6-4-11-17-13/h4,6,11,16H,5,7-10,12H2,1-3H3. The summed E-state index contributed by atoms with van der Waals surface area (Å²) in [6, 6.07) is 4.31. The molecule has 0 fully saturated rings. The van der Waals surface area contributed by atoms with Crippen LogP contribution in [0.25, 0.3) is 0 Å².